The molecule has 0 amide bonds. The summed E-state index contributed by atoms with van der Waals surface area (Å²) in [5.41, 5.74) is 6.05. The van der Waals surface area contributed by atoms with Crippen molar-refractivity contribution in [1.82, 2.24) is 0 Å². The van der Waals surface area contributed by atoms with E-state index in [1.165, 1.54) is 6.07 Å². The van der Waals surface area contributed by atoms with Gasteiger partial charge in [0.1, 0.15) is 0 Å². The van der Waals surface area contributed by atoms with Gasteiger partial charge in [0, 0.05) is 0 Å². The van der Waals surface area contributed by atoms with Gasteiger partial charge in [-0.25, -0.2) is 8.42 Å². The second-order valence-corrected chi connectivity index (χ2v) is 4.60. The van der Waals surface area contributed by atoms with E-state index >= 15 is 0 Å². The minimum absolute atomic E-state index is 0.00204. The Balaban J connectivity index is 3.11. The van der Waals surface area contributed by atoms with Crippen LogP contribution in [0.1, 0.15) is 5.56 Å². The molecule has 0 fully saturated rings. The fourth-order valence-corrected chi connectivity index (χ4v) is 1.67. The van der Waals surface area contributed by atoms with Crippen LogP contribution >= 0.6 is 0 Å². The first-order chi connectivity index (χ1) is 6.84. The second kappa shape index (κ2) is 4.01. The SMILES string of the molecule is Cc1cccc(N)c1NS(=O)(=O)C(F)F. The van der Waals surface area contributed by atoms with Gasteiger partial charge in [-0.1, -0.05) is 12.1 Å². The zero-order valence-electron chi connectivity index (χ0n) is 7.87. The predicted molar refractivity (Wildman–Crippen MR) is 54.1 cm³/mol. The van der Waals surface area contributed by atoms with Crippen molar-refractivity contribution in [3.63, 3.8) is 0 Å². The number of rotatable bonds is 3. The maximum absolute atomic E-state index is 12.1. The van der Waals surface area contributed by atoms with Gasteiger partial charge in [-0.3, -0.25) is 4.72 Å². The Labute approximate surface area is 86.1 Å². The molecule has 0 aliphatic heterocycles. The molecule has 3 N–H and O–H groups in total. The van der Waals surface area contributed by atoms with E-state index in [0.29, 0.717) is 5.56 Å². The van der Waals surface area contributed by atoms with E-state index < -0.39 is 15.8 Å². The van der Waals surface area contributed by atoms with Crippen molar-refractivity contribution in [2.24, 2.45) is 0 Å². The maximum Gasteiger partial charge on any atom is 0.355 e. The van der Waals surface area contributed by atoms with Crippen LogP contribution in [0.5, 0.6) is 0 Å². The van der Waals surface area contributed by atoms with Crippen LogP contribution in [0.3, 0.4) is 0 Å². The van der Waals surface area contributed by atoms with Gasteiger partial charge in [0.2, 0.25) is 0 Å². The summed E-state index contributed by atoms with van der Waals surface area (Å²) in [6, 6.07) is 4.60. The Morgan fingerprint density at radius 2 is 2.00 bits per heavy atom. The molecule has 0 bridgehead atoms. The molecule has 4 nitrogen and oxygen atoms in total. The predicted octanol–water partition coefficient (Wildman–Crippen LogP) is 1.54. The van der Waals surface area contributed by atoms with E-state index in [4.69, 9.17) is 5.73 Å². The van der Waals surface area contributed by atoms with Crippen LogP contribution in [0.4, 0.5) is 20.2 Å². The Morgan fingerprint density at radius 3 is 2.47 bits per heavy atom. The van der Waals surface area contributed by atoms with Crippen LogP contribution in [-0.2, 0) is 10.0 Å². The molecule has 84 valence electrons. The molecular formula is C8H10F2N2O2S. The third-order valence-corrected chi connectivity index (χ3v) is 2.74. The molecule has 0 saturated carbocycles. The summed E-state index contributed by atoms with van der Waals surface area (Å²) in [5, 5.41) is 0. The van der Waals surface area contributed by atoms with E-state index in [2.05, 4.69) is 0 Å². The van der Waals surface area contributed by atoms with Gasteiger partial charge in [0.15, 0.2) is 0 Å². The minimum Gasteiger partial charge on any atom is -0.397 e. The number of alkyl halides is 2. The summed E-state index contributed by atoms with van der Waals surface area (Å²) < 4.78 is 47.7. The summed E-state index contributed by atoms with van der Waals surface area (Å²) in [4.78, 5) is 0. The molecule has 0 spiro atoms. The first-order valence-electron chi connectivity index (χ1n) is 3.99. The van der Waals surface area contributed by atoms with Crippen LogP contribution in [0.25, 0.3) is 0 Å². The molecule has 0 heterocycles. The zero-order valence-corrected chi connectivity index (χ0v) is 8.68. The summed E-state index contributed by atoms with van der Waals surface area (Å²) in [6.45, 7) is 1.57. The summed E-state index contributed by atoms with van der Waals surface area (Å²) in [5.74, 6) is -3.48. The number of nitrogens with one attached hydrogen (secondary N) is 1. The molecular weight excluding hydrogens is 226 g/mol. The average Bonchev–Trinajstić information content (AvgIpc) is 2.11. The highest BCUT2D eigenvalue weighted by Crippen LogP contribution is 2.24. The van der Waals surface area contributed by atoms with Crippen LogP contribution in [0.2, 0.25) is 0 Å². The second-order valence-electron chi connectivity index (χ2n) is 2.95. The highest BCUT2D eigenvalue weighted by atomic mass is 32.2. The van der Waals surface area contributed by atoms with E-state index in [0.717, 1.165) is 0 Å². The highest BCUT2D eigenvalue weighted by Gasteiger charge is 2.24. The number of nitrogens with two attached hydrogens (primary N) is 1. The van der Waals surface area contributed by atoms with Gasteiger partial charge >= 0.3 is 5.76 Å². The van der Waals surface area contributed by atoms with E-state index in [9.17, 15) is 17.2 Å². The number of sulfonamides is 1. The highest BCUT2D eigenvalue weighted by molar-refractivity contribution is 7.93. The Kier molecular flexibility index (Phi) is 3.13. The van der Waals surface area contributed by atoms with E-state index in [-0.39, 0.29) is 11.4 Å². The topological polar surface area (TPSA) is 72.2 Å². The quantitative estimate of drug-likeness (QED) is 0.782. The van der Waals surface area contributed by atoms with Gasteiger partial charge in [0.05, 0.1) is 11.4 Å². The maximum atomic E-state index is 12.1. The molecule has 0 aliphatic carbocycles. The first-order valence-corrected chi connectivity index (χ1v) is 5.54. The van der Waals surface area contributed by atoms with Crippen molar-refractivity contribution >= 4 is 21.4 Å². The molecule has 1 rings (SSSR count). The minimum atomic E-state index is -4.66. The molecule has 0 saturated heterocycles. The van der Waals surface area contributed by atoms with Gasteiger partial charge in [-0.15, -0.1) is 0 Å². The number of hydrogen-bond acceptors (Lipinski definition) is 3. The van der Waals surface area contributed by atoms with Gasteiger partial charge in [-0.2, -0.15) is 8.78 Å². The molecule has 0 radical (unpaired) electrons. The number of hydrogen-bond donors (Lipinski definition) is 2. The van der Waals surface area contributed by atoms with E-state index in [1.807, 2.05) is 0 Å². The van der Waals surface area contributed by atoms with Crippen molar-refractivity contribution in [3.8, 4) is 0 Å². The number of anilines is 2. The lowest BCUT2D eigenvalue weighted by Crippen LogP contribution is -2.21. The van der Waals surface area contributed by atoms with Crippen LogP contribution in [0, 0.1) is 6.92 Å². The molecule has 0 aromatic heterocycles. The lowest BCUT2D eigenvalue weighted by molar-refractivity contribution is 0.236. The molecule has 1 aromatic carbocycles. The Morgan fingerprint density at radius 1 is 1.40 bits per heavy atom. The molecule has 0 aliphatic rings. The third-order valence-electron chi connectivity index (χ3n) is 1.78. The molecule has 1 aromatic rings. The van der Waals surface area contributed by atoms with Crippen molar-refractivity contribution in [2.45, 2.75) is 12.7 Å². The number of para-hydroxylation sites is 1. The lowest BCUT2D eigenvalue weighted by Gasteiger charge is -2.11. The van der Waals surface area contributed by atoms with Gasteiger partial charge in [-0.05, 0) is 18.6 Å². The Bertz CT molecular complexity index is 439. The number of nitrogen functional groups attached to an aromatic ring is 1. The van der Waals surface area contributed by atoms with Crippen LogP contribution in [0.15, 0.2) is 18.2 Å². The summed E-state index contributed by atoms with van der Waals surface area (Å²) in [7, 11) is -4.66. The smallest absolute Gasteiger partial charge is 0.355 e. The van der Waals surface area contributed by atoms with Gasteiger partial charge in [0.25, 0.3) is 10.0 Å². The lowest BCUT2D eigenvalue weighted by atomic mass is 10.2. The van der Waals surface area contributed by atoms with Crippen molar-refractivity contribution < 1.29 is 17.2 Å². The Hall–Kier alpha value is -1.37. The van der Waals surface area contributed by atoms with Crippen molar-refractivity contribution in [2.75, 3.05) is 10.5 Å². The zero-order chi connectivity index (χ0) is 11.6. The number of aryl methyl sites for hydroxylation is 1. The normalized spacial score (nSPS) is 11.7. The molecule has 7 heteroatoms. The monoisotopic (exact) mass is 236 g/mol. The average molecular weight is 236 g/mol. The number of halogens is 2. The fraction of sp³-hybridized carbons (Fsp3) is 0.250. The number of benzene rings is 1. The molecule has 0 atom stereocenters. The largest absolute Gasteiger partial charge is 0.397 e. The molecule has 15 heavy (non-hydrogen) atoms. The fourth-order valence-electron chi connectivity index (χ4n) is 1.02. The van der Waals surface area contributed by atoms with Crippen LogP contribution < -0.4 is 10.5 Å². The third kappa shape index (κ3) is 2.56. The summed E-state index contributed by atoms with van der Waals surface area (Å²) >= 11 is 0. The molecule has 0 unspecified atom stereocenters. The van der Waals surface area contributed by atoms with Gasteiger partial charge < -0.3 is 5.73 Å². The van der Waals surface area contributed by atoms with Crippen LogP contribution in [-0.4, -0.2) is 14.2 Å². The standard InChI is InChI=1S/C8H10F2N2O2S/c1-5-3-2-4-6(11)7(5)12-15(13,14)8(9)10/h2-4,8,12H,11H2,1H3. The first kappa shape index (κ1) is 11.7. The van der Waals surface area contributed by atoms with E-state index in [1.54, 1.807) is 23.8 Å². The van der Waals surface area contributed by atoms with Crippen molar-refractivity contribution in [1.29, 1.82) is 0 Å². The van der Waals surface area contributed by atoms with Crippen molar-refractivity contribution in [3.05, 3.63) is 23.8 Å². The summed E-state index contributed by atoms with van der Waals surface area (Å²) in [6.07, 6.45) is 0.